The Morgan fingerprint density at radius 1 is 1.21 bits per heavy atom. The molecule has 0 aliphatic heterocycles. The van der Waals surface area contributed by atoms with E-state index in [2.05, 4.69) is 47.4 Å². The quantitative estimate of drug-likeness (QED) is 0.837. The zero-order valence-corrected chi connectivity index (χ0v) is 12.8. The fourth-order valence-electron chi connectivity index (χ4n) is 2.08. The molecule has 0 amide bonds. The predicted octanol–water partition coefficient (Wildman–Crippen LogP) is 3.75. The summed E-state index contributed by atoms with van der Waals surface area (Å²) in [5.74, 6) is 1.82. The molecule has 0 fully saturated rings. The molecule has 0 aliphatic rings. The molecule has 2 aromatic heterocycles. The van der Waals surface area contributed by atoms with Gasteiger partial charge in [0.15, 0.2) is 0 Å². The Kier molecular flexibility index (Phi) is 4.96. The van der Waals surface area contributed by atoms with Crippen LogP contribution in [-0.2, 0) is 0 Å². The standard InChI is InChI=1S/C14H22N4S/c1-4-8-15-14-16-12(18(6-3)9-5-2)11-7-10-19-13(11)17-14/h7,10H,4-6,8-9H2,1-3H3,(H,15,16,17). The lowest BCUT2D eigenvalue weighted by Crippen LogP contribution is -2.25. The Morgan fingerprint density at radius 3 is 2.74 bits per heavy atom. The zero-order valence-electron chi connectivity index (χ0n) is 11.9. The van der Waals surface area contributed by atoms with E-state index in [1.165, 1.54) is 5.39 Å². The maximum Gasteiger partial charge on any atom is 0.226 e. The number of hydrogen-bond donors (Lipinski definition) is 1. The normalized spacial score (nSPS) is 10.9. The topological polar surface area (TPSA) is 41.1 Å². The van der Waals surface area contributed by atoms with Gasteiger partial charge in [-0.05, 0) is 31.2 Å². The van der Waals surface area contributed by atoms with Gasteiger partial charge in [0.05, 0.1) is 5.39 Å². The van der Waals surface area contributed by atoms with E-state index in [1.807, 2.05) is 0 Å². The van der Waals surface area contributed by atoms with Crippen LogP contribution in [0.1, 0.15) is 33.6 Å². The molecule has 2 rings (SSSR count). The van der Waals surface area contributed by atoms with Crippen molar-refractivity contribution in [3.63, 3.8) is 0 Å². The third kappa shape index (κ3) is 3.15. The molecule has 0 unspecified atom stereocenters. The second-order valence-electron chi connectivity index (χ2n) is 4.52. The van der Waals surface area contributed by atoms with Crippen molar-refractivity contribution in [1.82, 2.24) is 9.97 Å². The summed E-state index contributed by atoms with van der Waals surface area (Å²) in [6.45, 7) is 9.44. The van der Waals surface area contributed by atoms with Crippen molar-refractivity contribution in [3.8, 4) is 0 Å². The minimum absolute atomic E-state index is 0.751. The summed E-state index contributed by atoms with van der Waals surface area (Å²) in [6, 6.07) is 2.12. The van der Waals surface area contributed by atoms with Crippen LogP contribution in [0.15, 0.2) is 11.4 Å². The summed E-state index contributed by atoms with van der Waals surface area (Å²) in [7, 11) is 0. The number of rotatable bonds is 7. The third-order valence-electron chi connectivity index (χ3n) is 3.01. The molecular formula is C14H22N4S. The molecule has 2 aromatic rings. The lowest BCUT2D eigenvalue weighted by atomic mass is 10.3. The summed E-state index contributed by atoms with van der Waals surface area (Å²) in [4.78, 5) is 12.7. The van der Waals surface area contributed by atoms with E-state index in [1.54, 1.807) is 11.3 Å². The van der Waals surface area contributed by atoms with Crippen LogP contribution in [0.25, 0.3) is 10.2 Å². The number of thiophene rings is 1. The van der Waals surface area contributed by atoms with E-state index >= 15 is 0 Å². The maximum absolute atomic E-state index is 4.71. The predicted molar refractivity (Wildman–Crippen MR) is 84.4 cm³/mol. The average Bonchev–Trinajstić information content (AvgIpc) is 2.90. The highest BCUT2D eigenvalue weighted by atomic mass is 32.1. The first kappa shape index (κ1) is 14.1. The molecule has 0 radical (unpaired) electrons. The monoisotopic (exact) mass is 278 g/mol. The van der Waals surface area contributed by atoms with Crippen LogP contribution in [0.3, 0.4) is 0 Å². The van der Waals surface area contributed by atoms with Crippen molar-refractivity contribution in [1.29, 1.82) is 0 Å². The van der Waals surface area contributed by atoms with E-state index in [4.69, 9.17) is 4.98 Å². The number of fused-ring (bicyclic) bond motifs is 1. The van der Waals surface area contributed by atoms with Crippen molar-refractivity contribution < 1.29 is 0 Å². The fourth-order valence-corrected chi connectivity index (χ4v) is 2.84. The maximum atomic E-state index is 4.71. The second kappa shape index (κ2) is 6.70. The van der Waals surface area contributed by atoms with Gasteiger partial charge in [0.2, 0.25) is 5.95 Å². The third-order valence-corrected chi connectivity index (χ3v) is 3.82. The minimum Gasteiger partial charge on any atom is -0.356 e. The van der Waals surface area contributed by atoms with Crippen LogP contribution in [0, 0.1) is 0 Å². The van der Waals surface area contributed by atoms with E-state index in [0.717, 1.165) is 49.1 Å². The minimum atomic E-state index is 0.751. The van der Waals surface area contributed by atoms with Gasteiger partial charge in [-0.2, -0.15) is 4.98 Å². The van der Waals surface area contributed by atoms with Gasteiger partial charge in [-0.25, -0.2) is 4.98 Å². The van der Waals surface area contributed by atoms with Gasteiger partial charge >= 0.3 is 0 Å². The Morgan fingerprint density at radius 2 is 2.05 bits per heavy atom. The Hall–Kier alpha value is -1.36. The van der Waals surface area contributed by atoms with Crippen molar-refractivity contribution in [2.45, 2.75) is 33.6 Å². The summed E-state index contributed by atoms with van der Waals surface area (Å²) in [5, 5.41) is 6.55. The Bertz CT molecular complexity index is 523. The number of aromatic nitrogens is 2. The van der Waals surface area contributed by atoms with Crippen LogP contribution < -0.4 is 10.2 Å². The lowest BCUT2D eigenvalue weighted by molar-refractivity contribution is 0.781. The van der Waals surface area contributed by atoms with Crippen molar-refractivity contribution in [2.75, 3.05) is 29.9 Å². The van der Waals surface area contributed by atoms with E-state index in [0.29, 0.717) is 0 Å². The van der Waals surface area contributed by atoms with Crippen molar-refractivity contribution in [2.24, 2.45) is 0 Å². The van der Waals surface area contributed by atoms with Gasteiger partial charge in [-0.3, -0.25) is 0 Å². The molecule has 5 heteroatoms. The molecule has 19 heavy (non-hydrogen) atoms. The molecule has 0 atom stereocenters. The smallest absolute Gasteiger partial charge is 0.226 e. The highest BCUT2D eigenvalue weighted by Gasteiger charge is 2.13. The van der Waals surface area contributed by atoms with Crippen LogP contribution in [0.2, 0.25) is 0 Å². The molecule has 0 bridgehead atoms. The molecule has 4 nitrogen and oxygen atoms in total. The zero-order chi connectivity index (χ0) is 13.7. The first-order chi connectivity index (χ1) is 9.30. The van der Waals surface area contributed by atoms with Crippen molar-refractivity contribution in [3.05, 3.63) is 11.4 Å². The van der Waals surface area contributed by atoms with Gasteiger partial charge in [0.1, 0.15) is 10.6 Å². The second-order valence-corrected chi connectivity index (χ2v) is 5.41. The summed E-state index contributed by atoms with van der Waals surface area (Å²) >= 11 is 1.68. The highest BCUT2D eigenvalue weighted by molar-refractivity contribution is 7.16. The van der Waals surface area contributed by atoms with Crippen LogP contribution in [0.5, 0.6) is 0 Å². The summed E-state index contributed by atoms with van der Waals surface area (Å²) in [5.41, 5.74) is 0. The molecule has 1 N–H and O–H groups in total. The number of hydrogen-bond acceptors (Lipinski definition) is 5. The van der Waals surface area contributed by atoms with Crippen LogP contribution in [0.4, 0.5) is 11.8 Å². The molecule has 0 aliphatic carbocycles. The largest absolute Gasteiger partial charge is 0.356 e. The average molecular weight is 278 g/mol. The first-order valence-electron chi connectivity index (χ1n) is 7.04. The van der Waals surface area contributed by atoms with Crippen LogP contribution in [-0.4, -0.2) is 29.6 Å². The van der Waals surface area contributed by atoms with Gasteiger partial charge in [-0.15, -0.1) is 11.3 Å². The molecule has 0 aromatic carbocycles. The van der Waals surface area contributed by atoms with Gasteiger partial charge in [0.25, 0.3) is 0 Å². The van der Waals surface area contributed by atoms with Crippen molar-refractivity contribution >= 4 is 33.3 Å². The van der Waals surface area contributed by atoms with E-state index in [9.17, 15) is 0 Å². The van der Waals surface area contributed by atoms with Gasteiger partial charge in [-0.1, -0.05) is 13.8 Å². The molecule has 0 saturated heterocycles. The first-order valence-corrected chi connectivity index (χ1v) is 7.92. The fraction of sp³-hybridized carbons (Fsp3) is 0.571. The van der Waals surface area contributed by atoms with Crippen LogP contribution >= 0.6 is 11.3 Å². The molecule has 104 valence electrons. The Balaban J connectivity index is 2.40. The van der Waals surface area contributed by atoms with E-state index in [-0.39, 0.29) is 0 Å². The molecule has 0 saturated carbocycles. The summed E-state index contributed by atoms with van der Waals surface area (Å²) in [6.07, 6.45) is 2.20. The highest BCUT2D eigenvalue weighted by Crippen LogP contribution is 2.29. The van der Waals surface area contributed by atoms with Gasteiger partial charge < -0.3 is 10.2 Å². The summed E-state index contributed by atoms with van der Waals surface area (Å²) < 4.78 is 0. The molecule has 0 spiro atoms. The van der Waals surface area contributed by atoms with E-state index < -0.39 is 0 Å². The molecule has 2 heterocycles. The SMILES string of the molecule is CCCNc1nc(N(CC)CCC)c2ccsc2n1. The lowest BCUT2D eigenvalue weighted by Gasteiger charge is -2.22. The number of anilines is 2. The Labute approximate surface area is 118 Å². The molecular weight excluding hydrogens is 256 g/mol. The number of nitrogens with zero attached hydrogens (tertiary/aromatic N) is 3. The van der Waals surface area contributed by atoms with Gasteiger partial charge in [0, 0.05) is 19.6 Å². The number of nitrogens with one attached hydrogen (secondary N) is 1.